The molecule has 0 saturated carbocycles. The first kappa shape index (κ1) is 23.5. The van der Waals surface area contributed by atoms with Crippen molar-refractivity contribution in [2.45, 2.75) is 37.1 Å². The average molecular weight is 477 g/mol. The number of sulfonamides is 1. The van der Waals surface area contributed by atoms with Gasteiger partial charge in [0.1, 0.15) is 16.4 Å². The predicted octanol–water partition coefficient (Wildman–Crippen LogP) is 2.91. The van der Waals surface area contributed by atoms with Gasteiger partial charge in [-0.15, -0.1) is 0 Å². The van der Waals surface area contributed by atoms with E-state index >= 15 is 0 Å². The molecule has 2 aliphatic heterocycles. The maximum Gasteiger partial charge on any atom is 0.265 e. The van der Waals surface area contributed by atoms with Crippen LogP contribution in [-0.2, 0) is 16.6 Å². The minimum Gasteiger partial charge on any atom is -0.345 e. The largest absolute Gasteiger partial charge is 0.345 e. The molecule has 0 radical (unpaired) electrons. The third-order valence-electron chi connectivity index (χ3n) is 6.48. The second-order valence-electron chi connectivity index (χ2n) is 8.59. The lowest BCUT2D eigenvalue weighted by molar-refractivity contribution is 0.0838. The summed E-state index contributed by atoms with van der Waals surface area (Å²) in [6.07, 6.45) is 6.47. The fourth-order valence-corrected chi connectivity index (χ4v) is 5.83. The minimum absolute atomic E-state index is 0.0191. The van der Waals surface area contributed by atoms with Crippen LogP contribution in [-0.4, -0.2) is 59.9 Å². The number of hydroxylamine groups is 1. The number of aryl methyl sites for hydroxylation is 1. The Bertz CT molecular complexity index is 1140. The van der Waals surface area contributed by atoms with E-state index in [1.807, 2.05) is 4.57 Å². The van der Waals surface area contributed by atoms with E-state index < -0.39 is 10.0 Å². The van der Waals surface area contributed by atoms with Gasteiger partial charge in [0.15, 0.2) is 5.78 Å². The molecule has 1 aromatic carbocycles. The van der Waals surface area contributed by atoms with E-state index in [9.17, 15) is 22.8 Å². The number of Topliss-reactive ketones (excluding diaryl/α,β-unsaturated/α-hetero) is 1. The number of hydrogen-bond acceptors (Lipinski definition) is 6. The first-order chi connectivity index (χ1) is 15.8. The van der Waals surface area contributed by atoms with Gasteiger partial charge in [-0.05, 0) is 75.6 Å². The Morgan fingerprint density at radius 2 is 1.79 bits per heavy atom. The first-order valence-corrected chi connectivity index (χ1v) is 12.6. The summed E-state index contributed by atoms with van der Waals surface area (Å²) in [5.41, 5.74) is 3.49. The molecule has 178 valence electrons. The van der Waals surface area contributed by atoms with Crippen molar-refractivity contribution < 1.29 is 22.8 Å². The molecular weight excluding hydrogens is 447 g/mol. The molecule has 2 aliphatic rings. The maximum atomic E-state index is 13.1. The summed E-state index contributed by atoms with van der Waals surface area (Å²) in [5, 5.41) is 9.46. The highest BCUT2D eigenvalue weighted by molar-refractivity contribution is 7.89. The molecule has 33 heavy (non-hydrogen) atoms. The monoisotopic (exact) mass is 476 g/mol. The lowest BCUT2D eigenvalue weighted by Gasteiger charge is -2.31. The van der Waals surface area contributed by atoms with Gasteiger partial charge >= 0.3 is 0 Å². The maximum absolute atomic E-state index is 13.1. The number of piperidine rings is 1. The fourth-order valence-electron chi connectivity index (χ4n) is 4.57. The second-order valence-corrected chi connectivity index (χ2v) is 10.6. The van der Waals surface area contributed by atoms with E-state index in [1.54, 1.807) is 24.4 Å². The highest BCUT2D eigenvalue weighted by atomic mass is 32.2. The van der Waals surface area contributed by atoms with Gasteiger partial charge in [0.05, 0.1) is 5.69 Å². The SMILES string of the molecule is CN1C=C(NO)c2c(ccn2CCCCN2CCC(C(=O)c3ccc(F)cc3)CC2)S1(=O)=O. The first-order valence-electron chi connectivity index (χ1n) is 11.1. The number of unbranched alkanes of at least 4 members (excludes halogenated alkanes) is 1. The van der Waals surface area contributed by atoms with Gasteiger partial charge in [0.2, 0.25) is 0 Å². The van der Waals surface area contributed by atoms with Crippen molar-refractivity contribution >= 4 is 21.5 Å². The molecule has 0 atom stereocenters. The van der Waals surface area contributed by atoms with Crippen LogP contribution in [0.25, 0.3) is 5.70 Å². The molecule has 3 heterocycles. The van der Waals surface area contributed by atoms with Crippen LogP contribution < -0.4 is 5.48 Å². The van der Waals surface area contributed by atoms with Crippen LogP contribution in [0, 0.1) is 11.7 Å². The van der Waals surface area contributed by atoms with Crippen LogP contribution in [0.4, 0.5) is 4.39 Å². The van der Waals surface area contributed by atoms with Crippen LogP contribution in [0.5, 0.6) is 0 Å². The van der Waals surface area contributed by atoms with Gasteiger partial charge in [0.25, 0.3) is 10.0 Å². The fraction of sp³-hybridized carbons (Fsp3) is 0.435. The van der Waals surface area contributed by atoms with Crippen molar-refractivity contribution in [1.29, 1.82) is 0 Å². The smallest absolute Gasteiger partial charge is 0.265 e. The summed E-state index contributed by atoms with van der Waals surface area (Å²) in [7, 11) is -2.16. The Labute approximate surface area is 193 Å². The number of rotatable bonds is 8. The van der Waals surface area contributed by atoms with Gasteiger partial charge in [0, 0.05) is 37.5 Å². The summed E-state index contributed by atoms with van der Waals surface area (Å²) in [6.45, 7) is 3.24. The van der Waals surface area contributed by atoms with E-state index in [-0.39, 0.29) is 22.4 Å². The Hall–Kier alpha value is -2.69. The van der Waals surface area contributed by atoms with Crippen LogP contribution in [0.1, 0.15) is 41.7 Å². The number of nitrogens with zero attached hydrogens (tertiary/aromatic N) is 3. The van der Waals surface area contributed by atoms with Crippen molar-refractivity contribution in [3.05, 3.63) is 59.8 Å². The number of halogens is 1. The molecular formula is C23H29FN4O4S. The van der Waals surface area contributed by atoms with E-state index in [4.69, 9.17) is 0 Å². The molecule has 2 aromatic rings. The molecule has 0 unspecified atom stereocenters. The van der Waals surface area contributed by atoms with E-state index in [0.717, 1.165) is 49.6 Å². The number of ketones is 1. The van der Waals surface area contributed by atoms with Gasteiger partial charge in [-0.1, -0.05) is 0 Å². The molecule has 4 rings (SSSR count). The van der Waals surface area contributed by atoms with Crippen molar-refractivity contribution in [3.8, 4) is 0 Å². The van der Waals surface area contributed by atoms with Crippen LogP contribution >= 0.6 is 0 Å². The zero-order valence-electron chi connectivity index (χ0n) is 18.6. The Kier molecular flexibility index (Phi) is 6.87. The molecule has 0 spiro atoms. The lowest BCUT2D eigenvalue weighted by Crippen LogP contribution is -2.37. The number of benzene rings is 1. The topological polar surface area (TPSA) is 94.9 Å². The number of hydrogen-bond donors (Lipinski definition) is 2. The number of carbonyl (C=O) groups is 1. The zero-order valence-corrected chi connectivity index (χ0v) is 19.4. The zero-order chi connectivity index (χ0) is 23.6. The van der Waals surface area contributed by atoms with Crippen molar-refractivity contribution in [3.63, 3.8) is 0 Å². The van der Waals surface area contributed by atoms with Crippen molar-refractivity contribution in [2.75, 3.05) is 26.7 Å². The molecule has 0 bridgehead atoms. The standard InChI is InChI=1S/C23H29FN4O4S/c1-26-16-20(25-30)22-21(33(26,31)32)10-15-28(22)12-3-2-11-27-13-8-18(9-14-27)23(29)17-4-6-19(24)7-5-17/h4-7,10,15-16,18,25,30H,2-3,8-9,11-14H2,1H3. The Morgan fingerprint density at radius 1 is 1.12 bits per heavy atom. The Balaban J connectivity index is 1.26. The van der Waals surface area contributed by atoms with E-state index in [1.165, 1.54) is 25.4 Å². The number of carbonyl (C=O) groups excluding carboxylic acids is 1. The summed E-state index contributed by atoms with van der Waals surface area (Å²) in [5.74, 6) is -0.265. The van der Waals surface area contributed by atoms with Crippen LogP contribution in [0.3, 0.4) is 0 Å². The van der Waals surface area contributed by atoms with E-state index in [0.29, 0.717) is 23.5 Å². The molecule has 0 amide bonds. The third kappa shape index (κ3) is 4.83. The van der Waals surface area contributed by atoms with Crippen molar-refractivity contribution in [1.82, 2.24) is 19.3 Å². The number of fused-ring (bicyclic) bond motifs is 1. The summed E-state index contributed by atoms with van der Waals surface area (Å²) in [6, 6.07) is 7.33. The quantitative estimate of drug-likeness (QED) is 0.346. The third-order valence-corrected chi connectivity index (χ3v) is 8.23. The summed E-state index contributed by atoms with van der Waals surface area (Å²) in [4.78, 5) is 15.2. The summed E-state index contributed by atoms with van der Waals surface area (Å²) < 4.78 is 41.0. The summed E-state index contributed by atoms with van der Waals surface area (Å²) >= 11 is 0. The number of aromatic nitrogens is 1. The highest BCUT2D eigenvalue weighted by Gasteiger charge is 2.32. The lowest BCUT2D eigenvalue weighted by atomic mass is 9.89. The highest BCUT2D eigenvalue weighted by Crippen LogP contribution is 2.31. The van der Waals surface area contributed by atoms with Gasteiger partial charge in [-0.2, -0.15) is 0 Å². The predicted molar refractivity (Wildman–Crippen MR) is 121 cm³/mol. The number of nitrogens with one attached hydrogen (secondary N) is 1. The minimum atomic E-state index is -3.59. The van der Waals surface area contributed by atoms with E-state index in [2.05, 4.69) is 10.4 Å². The van der Waals surface area contributed by atoms with Crippen LogP contribution in [0.15, 0.2) is 47.6 Å². The van der Waals surface area contributed by atoms with Gasteiger partial charge in [-0.25, -0.2) is 12.8 Å². The Morgan fingerprint density at radius 3 is 2.45 bits per heavy atom. The molecule has 0 aliphatic carbocycles. The number of likely N-dealkylation sites (tertiary alicyclic amines) is 1. The second kappa shape index (κ2) is 9.66. The molecule has 1 aromatic heterocycles. The molecule has 1 saturated heterocycles. The molecule has 2 N–H and O–H groups in total. The molecule has 8 nitrogen and oxygen atoms in total. The van der Waals surface area contributed by atoms with Gasteiger partial charge in [-0.3, -0.25) is 19.8 Å². The molecule has 1 fully saturated rings. The average Bonchev–Trinajstić information content (AvgIpc) is 3.25. The van der Waals surface area contributed by atoms with Gasteiger partial charge < -0.3 is 9.47 Å². The van der Waals surface area contributed by atoms with Crippen LogP contribution in [0.2, 0.25) is 0 Å². The normalized spacial score (nSPS) is 18.6. The molecule has 10 heteroatoms. The van der Waals surface area contributed by atoms with Crippen molar-refractivity contribution in [2.24, 2.45) is 5.92 Å².